The number of hydrogen-bond acceptors (Lipinski definition) is 2. The molecular weight excluding hydrogens is 300 g/mol. The molecule has 2 N–H and O–H groups in total. The van der Waals surface area contributed by atoms with E-state index < -0.39 is 0 Å². The van der Waals surface area contributed by atoms with Gasteiger partial charge in [0.05, 0.1) is 17.4 Å². The first-order valence-electron chi connectivity index (χ1n) is 8.30. The Hall–Kier alpha value is -2.82. The van der Waals surface area contributed by atoms with Crippen molar-refractivity contribution < 1.29 is 4.79 Å². The Bertz CT molecular complexity index is 849. The molecule has 1 aromatic heterocycles. The van der Waals surface area contributed by atoms with Gasteiger partial charge in [-0.15, -0.1) is 0 Å². The quantitative estimate of drug-likeness (QED) is 0.759. The van der Waals surface area contributed by atoms with E-state index in [1.54, 1.807) is 0 Å². The van der Waals surface area contributed by atoms with Crippen LogP contribution in [0.15, 0.2) is 54.9 Å². The first-order valence-corrected chi connectivity index (χ1v) is 8.30. The molecule has 1 saturated carbocycles. The van der Waals surface area contributed by atoms with Crippen molar-refractivity contribution >= 4 is 17.1 Å². The minimum absolute atomic E-state index is 0.0774. The predicted molar refractivity (Wildman–Crippen MR) is 93.7 cm³/mol. The molecule has 1 aliphatic rings. The molecule has 0 spiro atoms. The van der Waals surface area contributed by atoms with Crippen molar-refractivity contribution in [1.29, 1.82) is 0 Å². The average Bonchev–Trinajstić information content (AvgIpc) is 3.33. The number of nitrogens with one attached hydrogen (secondary N) is 2. The highest BCUT2D eigenvalue weighted by molar-refractivity contribution is 5.75. The molecule has 0 atom stereocenters. The average molecular weight is 320 g/mol. The van der Waals surface area contributed by atoms with Gasteiger partial charge in [0.2, 0.25) is 0 Å². The van der Waals surface area contributed by atoms with Crippen LogP contribution >= 0.6 is 0 Å². The van der Waals surface area contributed by atoms with E-state index in [0.29, 0.717) is 12.6 Å². The van der Waals surface area contributed by atoms with Gasteiger partial charge in [0.1, 0.15) is 0 Å². The fourth-order valence-corrected chi connectivity index (χ4v) is 2.74. The van der Waals surface area contributed by atoms with Gasteiger partial charge >= 0.3 is 6.03 Å². The standard InChI is InChI=1S/C19H20N4O/c24-19(22-16-9-10-16)20-11-14-5-7-15(8-6-14)12-23-13-21-17-3-1-2-4-18(17)23/h1-8,13,16H,9-12H2,(H2,20,22,24). The first kappa shape index (κ1) is 14.8. The second-order valence-electron chi connectivity index (χ2n) is 6.28. The number of nitrogens with zero attached hydrogens (tertiary/aromatic N) is 2. The summed E-state index contributed by atoms with van der Waals surface area (Å²) in [4.78, 5) is 16.1. The number of imidazole rings is 1. The van der Waals surface area contributed by atoms with Crippen molar-refractivity contribution in [3.8, 4) is 0 Å². The molecule has 5 heteroatoms. The van der Waals surface area contributed by atoms with Gasteiger partial charge in [-0.2, -0.15) is 0 Å². The molecule has 0 bridgehead atoms. The Morgan fingerprint density at radius 3 is 2.62 bits per heavy atom. The molecule has 24 heavy (non-hydrogen) atoms. The van der Waals surface area contributed by atoms with E-state index in [2.05, 4.69) is 50.5 Å². The fraction of sp³-hybridized carbons (Fsp3) is 0.263. The second kappa shape index (κ2) is 6.35. The zero-order valence-electron chi connectivity index (χ0n) is 13.4. The van der Waals surface area contributed by atoms with E-state index in [0.717, 1.165) is 36.0 Å². The zero-order valence-corrected chi connectivity index (χ0v) is 13.4. The highest BCUT2D eigenvalue weighted by Crippen LogP contribution is 2.18. The van der Waals surface area contributed by atoms with E-state index in [9.17, 15) is 4.79 Å². The summed E-state index contributed by atoms with van der Waals surface area (Å²) in [6, 6.07) is 16.8. The lowest BCUT2D eigenvalue weighted by molar-refractivity contribution is 0.240. The minimum atomic E-state index is -0.0774. The number of benzene rings is 2. The van der Waals surface area contributed by atoms with Gasteiger partial charge in [-0.05, 0) is 36.1 Å². The van der Waals surface area contributed by atoms with Gasteiger partial charge in [-0.1, -0.05) is 36.4 Å². The number of amides is 2. The fourth-order valence-electron chi connectivity index (χ4n) is 2.74. The highest BCUT2D eigenvalue weighted by atomic mass is 16.2. The summed E-state index contributed by atoms with van der Waals surface area (Å²) in [7, 11) is 0. The predicted octanol–water partition coefficient (Wildman–Crippen LogP) is 3.05. The van der Waals surface area contributed by atoms with Crippen LogP contribution in [0.5, 0.6) is 0 Å². The molecule has 3 aromatic rings. The van der Waals surface area contributed by atoms with Crippen LogP contribution in [-0.4, -0.2) is 21.6 Å². The molecule has 1 heterocycles. The second-order valence-corrected chi connectivity index (χ2v) is 6.28. The van der Waals surface area contributed by atoms with E-state index in [4.69, 9.17) is 0 Å². The molecule has 1 fully saturated rings. The van der Waals surface area contributed by atoms with Crippen LogP contribution in [0.1, 0.15) is 24.0 Å². The van der Waals surface area contributed by atoms with E-state index in [1.807, 2.05) is 24.5 Å². The number of carbonyl (C=O) groups is 1. The maximum absolute atomic E-state index is 11.6. The maximum atomic E-state index is 11.6. The number of hydrogen-bond donors (Lipinski definition) is 2. The van der Waals surface area contributed by atoms with Crippen LogP contribution in [0, 0.1) is 0 Å². The summed E-state index contributed by atoms with van der Waals surface area (Å²) in [5.41, 5.74) is 4.46. The van der Waals surface area contributed by atoms with E-state index in [-0.39, 0.29) is 6.03 Å². The number of fused-ring (bicyclic) bond motifs is 1. The molecule has 2 amide bonds. The molecule has 0 unspecified atom stereocenters. The molecule has 1 aliphatic carbocycles. The van der Waals surface area contributed by atoms with E-state index >= 15 is 0 Å². The summed E-state index contributed by atoms with van der Waals surface area (Å²) in [6.07, 6.45) is 4.08. The van der Waals surface area contributed by atoms with Crippen LogP contribution in [0.3, 0.4) is 0 Å². The van der Waals surface area contributed by atoms with Crippen LogP contribution in [-0.2, 0) is 13.1 Å². The third kappa shape index (κ3) is 3.40. The Kier molecular flexibility index (Phi) is 3.91. The summed E-state index contributed by atoms with van der Waals surface area (Å²) in [5, 5.41) is 5.82. The van der Waals surface area contributed by atoms with Gasteiger partial charge in [0, 0.05) is 19.1 Å². The number of rotatable bonds is 5. The number of urea groups is 1. The maximum Gasteiger partial charge on any atom is 0.315 e. The molecule has 5 nitrogen and oxygen atoms in total. The summed E-state index contributed by atoms with van der Waals surface area (Å²) in [5.74, 6) is 0. The lowest BCUT2D eigenvalue weighted by Crippen LogP contribution is -2.36. The van der Waals surface area contributed by atoms with E-state index in [1.165, 1.54) is 5.56 Å². The lowest BCUT2D eigenvalue weighted by atomic mass is 10.1. The van der Waals surface area contributed by atoms with Gasteiger partial charge in [-0.25, -0.2) is 9.78 Å². The Balaban J connectivity index is 1.37. The van der Waals surface area contributed by atoms with Crippen LogP contribution in [0.25, 0.3) is 11.0 Å². The Labute approximate surface area is 140 Å². The number of aromatic nitrogens is 2. The third-order valence-electron chi connectivity index (χ3n) is 4.27. The normalized spacial score (nSPS) is 13.8. The first-order chi connectivity index (χ1) is 11.8. The van der Waals surface area contributed by atoms with Crippen molar-refractivity contribution in [3.63, 3.8) is 0 Å². The van der Waals surface area contributed by atoms with Crippen molar-refractivity contribution in [2.75, 3.05) is 0 Å². The minimum Gasteiger partial charge on any atom is -0.335 e. The topological polar surface area (TPSA) is 59.0 Å². The van der Waals surface area contributed by atoms with Gasteiger partial charge in [0.15, 0.2) is 0 Å². The van der Waals surface area contributed by atoms with Gasteiger partial charge < -0.3 is 15.2 Å². The highest BCUT2D eigenvalue weighted by Gasteiger charge is 2.22. The monoisotopic (exact) mass is 320 g/mol. The summed E-state index contributed by atoms with van der Waals surface area (Å²) in [6.45, 7) is 1.34. The van der Waals surface area contributed by atoms with Crippen LogP contribution in [0.4, 0.5) is 4.79 Å². The lowest BCUT2D eigenvalue weighted by Gasteiger charge is -2.08. The Morgan fingerprint density at radius 1 is 1.08 bits per heavy atom. The van der Waals surface area contributed by atoms with Crippen molar-refractivity contribution in [1.82, 2.24) is 20.2 Å². The smallest absolute Gasteiger partial charge is 0.315 e. The summed E-state index contributed by atoms with van der Waals surface area (Å²) < 4.78 is 2.14. The Morgan fingerprint density at radius 2 is 1.83 bits per heavy atom. The zero-order chi connectivity index (χ0) is 16.4. The van der Waals surface area contributed by atoms with Gasteiger partial charge in [-0.3, -0.25) is 0 Å². The number of para-hydroxylation sites is 2. The largest absolute Gasteiger partial charge is 0.335 e. The molecular formula is C19H20N4O. The SMILES string of the molecule is O=C(NCc1ccc(Cn2cnc3ccccc32)cc1)NC1CC1. The molecule has 0 aliphatic heterocycles. The van der Waals surface area contributed by atoms with Gasteiger partial charge in [0.25, 0.3) is 0 Å². The summed E-state index contributed by atoms with van der Waals surface area (Å²) >= 11 is 0. The third-order valence-corrected chi connectivity index (χ3v) is 4.27. The molecule has 0 radical (unpaired) electrons. The number of carbonyl (C=O) groups excluding carboxylic acids is 1. The molecule has 2 aromatic carbocycles. The van der Waals surface area contributed by atoms with Crippen molar-refractivity contribution in [3.05, 3.63) is 66.0 Å². The van der Waals surface area contributed by atoms with Crippen molar-refractivity contribution in [2.45, 2.75) is 32.0 Å². The van der Waals surface area contributed by atoms with Crippen LogP contribution in [0.2, 0.25) is 0 Å². The molecule has 4 rings (SSSR count). The van der Waals surface area contributed by atoms with Crippen LogP contribution < -0.4 is 10.6 Å². The molecule has 0 saturated heterocycles. The van der Waals surface area contributed by atoms with Crippen molar-refractivity contribution in [2.24, 2.45) is 0 Å². The molecule has 122 valence electrons.